The summed E-state index contributed by atoms with van der Waals surface area (Å²) in [5.74, 6) is 4.13. The number of rotatable bonds is 3. The minimum absolute atomic E-state index is 0.164. The van der Waals surface area contributed by atoms with Gasteiger partial charge in [-0.25, -0.2) is 0 Å². The molecule has 4 fully saturated rings. The average molecular weight is 218 g/mol. The van der Waals surface area contributed by atoms with Gasteiger partial charge in [0, 0.05) is 12.6 Å². The summed E-state index contributed by atoms with van der Waals surface area (Å²) in [4.78, 5) is 0. The van der Waals surface area contributed by atoms with Crippen LogP contribution in [0, 0.1) is 40.9 Å². The first-order chi connectivity index (χ1) is 7.76. The molecule has 1 N–H and O–H groups in total. The fraction of sp³-hybridized carbons (Fsp3) is 0.929. The summed E-state index contributed by atoms with van der Waals surface area (Å²) in [6.45, 7) is 2.91. The van der Waals surface area contributed by atoms with E-state index in [9.17, 15) is 0 Å². The van der Waals surface area contributed by atoms with Gasteiger partial charge in [-0.05, 0) is 62.7 Å². The molecule has 16 heavy (non-hydrogen) atoms. The highest BCUT2D eigenvalue weighted by molar-refractivity contribution is 5.01. The molecular weight excluding hydrogens is 196 g/mol. The van der Waals surface area contributed by atoms with Crippen molar-refractivity contribution < 1.29 is 0 Å². The lowest BCUT2D eigenvalue weighted by Crippen LogP contribution is -2.55. The molecule has 0 heterocycles. The van der Waals surface area contributed by atoms with Crippen molar-refractivity contribution in [3.63, 3.8) is 0 Å². The SMILES string of the molecule is CC(C#N)CNC1C2CC3CC(C2)CC1C3. The van der Waals surface area contributed by atoms with Crippen molar-refractivity contribution >= 4 is 0 Å². The second-order valence-electron chi connectivity index (χ2n) is 6.39. The summed E-state index contributed by atoms with van der Waals surface area (Å²) in [7, 11) is 0. The van der Waals surface area contributed by atoms with Crippen LogP contribution < -0.4 is 5.32 Å². The fourth-order valence-corrected chi connectivity index (χ4v) is 4.62. The van der Waals surface area contributed by atoms with Gasteiger partial charge in [-0.1, -0.05) is 0 Å². The van der Waals surface area contributed by atoms with Crippen LogP contribution in [0.3, 0.4) is 0 Å². The van der Waals surface area contributed by atoms with E-state index in [0.29, 0.717) is 0 Å². The molecule has 4 aliphatic carbocycles. The Bertz CT molecular complexity index is 276. The number of hydrogen-bond donors (Lipinski definition) is 1. The Morgan fingerprint density at radius 3 is 2.19 bits per heavy atom. The zero-order valence-electron chi connectivity index (χ0n) is 10.2. The molecule has 0 spiro atoms. The molecule has 0 amide bonds. The maximum Gasteiger partial charge on any atom is 0.0666 e. The molecule has 0 aromatic rings. The number of nitrogens with one attached hydrogen (secondary N) is 1. The van der Waals surface area contributed by atoms with Crippen LogP contribution in [0.5, 0.6) is 0 Å². The lowest BCUT2D eigenvalue weighted by molar-refractivity contribution is -0.0140. The van der Waals surface area contributed by atoms with Crippen LogP contribution in [0.1, 0.15) is 39.0 Å². The molecule has 4 saturated carbocycles. The normalized spacial score (nSPS) is 46.6. The Hall–Kier alpha value is -0.550. The summed E-state index contributed by atoms with van der Waals surface area (Å²) < 4.78 is 0. The van der Waals surface area contributed by atoms with Gasteiger partial charge in [-0.3, -0.25) is 0 Å². The molecule has 0 aromatic heterocycles. The van der Waals surface area contributed by atoms with Crippen molar-refractivity contribution in [2.45, 2.75) is 45.1 Å². The van der Waals surface area contributed by atoms with Gasteiger partial charge in [-0.15, -0.1) is 0 Å². The van der Waals surface area contributed by atoms with Crippen LogP contribution in [0.2, 0.25) is 0 Å². The van der Waals surface area contributed by atoms with Crippen molar-refractivity contribution in [3.05, 3.63) is 0 Å². The van der Waals surface area contributed by atoms with E-state index in [1.165, 1.54) is 32.1 Å². The van der Waals surface area contributed by atoms with E-state index in [-0.39, 0.29) is 5.92 Å². The topological polar surface area (TPSA) is 35.8 Å². The molecule has 0 radical (unpaired) electrons. The second kappa shape index (κ2) is 4.04. The zero-order chi connectivity index (χ0) is 11.1. The molecule has 2 heteroatoms. The van der Waals surface area contributed by atoms with Gasteiger partial charge >= 0.3 is 0 Å². The Morgan fingerprint density at radius 1 is 1.12 bits per heavy atom. The Balaban J connectivity index is 1.62. The lowest BCUT2D eigenvalue weighted by atomic mass is 9.54. The largest absolute Gasteiger partial charge is 0.312 e. The molecule has 2 nitrogen and oxygen atoms in total. The smallest absolute Gasteiger partial charge is 0.0666 e. The molecule has 0 saturated heterocycles. The number of hydrogen-bond acceptors (Lipinski definition) is 2. The number of nitriles is 1. The molecule has 4 rings (SSSR count). The molecule has 0 aromatic carbocycles. The summed E-state index contributed by atoms with van der Waals surface area (Å²) in [6.07, 6.45) is 7.38. The van der Waals surface area contributed by atoms with Crippen molar-refractivity contribution in [2.75, 3.05) is 6.54 Å². The third-order valence-electron chi connectivity index (χ3n) is 5.11. The third kappa shape index (κ3) is 1.76. The van der Waals surface area contributed by atoms with Crippen LogP contribution >= 0.6 is 0 Å². The van der Waals surface area contributed by atoms with Gasteiger partial charge in [0.05, 0.1) is 12.0 Å². The lowest BCUT2D eigenvalue weighted by Gasteiger charge is -2.54. The molecule has 88 valence electrons. The minimum atomic E-state index is 0.164. The quantitative estimate of drug-likeness (QED) is 0.790. The molecule has 1 atom stereocenters. The van der Waals surface area contributed by atoms with E-state index in [4.69, 9.17) is 5.26 Å². The monoisotopic (exact) mass is 218 g/mol. The highest BCUT2D eigenvalue weighted by Crippen LogP contribution is 2.53. The summed E-state index contributed by atoms with van der Waals surface area (Å²) in [6, 6.07) is 3.06. The maximum atomic E-state index is 8.83. The molecule has 0 aliphatic heterocycles. The predicted molar refractivity (Wildman–Crippen MR) is 63.6 cm³/mol. The summed E-state index contributed by atoms with van der Waals surface area (Å²) >= 11 is 0. The average Bonchev–Trinajstić information content (AvgIpc) is 2.26. The van der Waals surface area contributed by atoms with Crippen LogP contribution in [-0.4, -0.2) is 12.6 Å². The Morgan fingerprint density at radius 2 is 1.69 bits per heavy atom. The predicted octanol–water partition coefficient (Wildman–Crippen LogP) is 2.56. The van der Waals surface area contributed by atoms with Gasteiger partial charge < -0.3 is 5.32 Å². The zero-order valence-corrected chi connectivity index (χ0v) is 10.2. The Labute approximate surface area is 98.4 Å². The van der Waals surface area contributed by atoms with Crippen LogP contribution in [-0.2, 0) is 0 Å². The van der Waals surface area contributed by atoms with Crippen LogP contribution in [0.4, 0.5) is 0 Å². The Kier molecular flexibility index (Phi) is 2.67. The van der Waals surface area contributed by atoms with Crippen molar-refractivity contribution in [3.8, 4) is 6.07 Å². The van der Waals surface area contributed by atoms with E-state index in [1.54, 1.807) is 0 Å². The van der Waals surface area contributed by atoms with E-state index < -0.39 is 0 Å². The van der Waals surface area contributed by atoms with Gasteiger partial charge in [0.2, 0.25) is 0 Å². The standard InChI is InChI=1S/C14H22N2/c1-9(7-15)8-16-14-12-3-10-2-11(5-12)6-13(14)4-10/h9-14,16H,2-6,8H2,1H3. The van der Waals surface area contributed by atoms with Crippen LogP contribution in [0.15, 0.2) is 0 Å². The first-order valence-corrected chi connectivity index (χ1v) is 6.89. The van der Waals surface area contributed by atoms with Gasteiger partial charge in [-0.2, -0.15) is 5.26 Å². The molecule has 4 bridgehead atoms. The summed E-state index contributed by atoms with van der Waals surface area (Å²) in [5, 5.41) is 12.5. The van der Waals surface area contributed by atoms with Crippen molar-refractivity contribution in [2.24, 2.45) is 29.6 Å². The highest BCUT2D eigenvalue weighted by Gasteiger charge is 2.47. The van der Waals surface area contributed by atoms with Crippen molar-refractivity contribution in [1.29, 1.82) is 5.26 Å². The molecule has 4 aliphatic rings. The first-order valence-electron chi connectivity index (χ1n) is 6.89. The van der Waals surface area contributed by atoms with Crippen LogP contribution in [0.25, 0.3) is 0 Å². The van der Waals surface area contributed by atoms with E-state index in [1.807, 2.05) is 6.92 Å². The van der Waals surface area contributed by atoms with E-state index >= 15 is 0 Å². The second-order valence-corrected chi connectivity index (χ2v) is 6.39. The summed E-state index contributed by atoms with van der Waals surface area (Å²) in [5.41, 5.74) is 0. The first kappa shape index (κ1) is 10.6. The van der Waals surface area contributed by atoms with E-state index in [0.717, 1.165) is 36.3 Å². The molecule has 1 unspecified atom stereocenters. The van der Waals surface area contributed by atoms with Gasteiger partial charge in [0.25, 0.3) is 0 Å². The highest BCUT2D eigenvalue weighted by atomic mass is 14.9. The van der Waals surface area contributed by atoms with Crippen molar-refractivity contribution in [1.82, 2.24) is 5.32 Å². The van der Waals surface area contributed by atoms with E-state index in [2.05, 4.69) is 11.4 Å². The number of nitrogens with zero attached hydrogens (tertiary/aromatic N) is 1. The fourth-order valence-electron chi connectivity index (χ4n) is 4.62. The van der Waals surface area contributed by atoms with Gasteiger partial charge in [0.15, 0.2) is 0 Å². The minimum Gasteiger partial charge on any atom is -0.312 e. The maximum absolute atomic E-state index is 8.83. The molecular formula is C14H22N2. The third-order valence-corrected chi connectivity index (χ3v) is 5.11. The van der Waals surface area contributed by atoms with Gasteiger partial charge in [0.1, 0.15) is 0 Å².